The summed E-state index contributed by atoms with van der Waals surface area (Å²) < 4.78 is 5.42. The minimum Gasteiger partial charge on any atom is -0.460 e. The van der Waals surface area contributed by atoms with Gasteiger partial charge in [-0.3, -0.25) is 0 Å². The van der Waals surface area contributed by atoms with Gasteiger partial charge in [0.2, 0.25) is 0 Å². The average molecular weight is 189 g/mol. The fourth-order valence-electron chi connectivity index (χ4n) is 1.17. The molecular formula is C10H11N3O. The minimum absolute atomic E-state index is 0.747. The van der Waals surface area contributed by atoms with E-state index >= 15 is 0 Å². The van der Waals surface area contributed by atoms with Gasteiger partial charge in [0, 0.05) is 7.05 Å². The topological polar surface area (TPSA) is 51.0 Å². The summed E-state index contributed by atoms with van der Waals surface area (Å²) in [4.78, 5) is 0. The summed E-state index contributed by atoms with van der Waals surface area (Å²) in [6, 6.07) is 7.53. The molecule has 1 N–H and O–H groups in total. The van der Waals surface area contributed by atoms with Crippen LogP contribution in [0.25, 0.3) is 11.5 Å². The Morgan fingerprint density at radius 1 is 1.14 bits per heavy atom. The summed E-state index contributed by atoms with van der Waals surface area (Å²) in [7, 11) is 1.81. The SMILES string of the molecule is CNc1ccc(-c2ccc(C)o2)nn1. The number of rotatable bonds is 2. The lowest BCUT2D eigenvalue weighted by atomic mass is 10.3. The van der Waals surface area contributed by atoms with Crippen LogP contribution in [0.5, 0.6) is 0 Å². The molecule has 14 heavy (non-hydrogen) atoms. The maximum atomic E-state index is 5.42. The Balaban J connectivity index is 2.33. The first-order valence-electron chi connectivity index (χ1n) is 4.38. The Kier molecular flexibility index (Phi) is 2.18. The normalized spacial score (nSPS) is 10.1. The second-order valence-electron chi connectivity index (χ2n) is 2.96. The van der Waals surface area contributed by atoms with E-state index in [-0.39, 0.29) is 0 Å². The van der Waals surface area contributed by atoms with E-state index in [0.717, 1.165) is 23.0 Å². The highest BCUT2D eigenvalue weighted by Crippen LogP contribution is 2.19. The number of anilines is 1. The van der Waals surface area contributed by atoms with Gasteiger partial charge in [-0.1, -0.05) is 0 Å². The molecular weight excluding hydrogens is 178 g/mol. The minimum atomic E-state index is 0.747. The maximum Gasteiger partial charge on any atom is 0.154 e. The predicted molar refractivity (Wildman–Crippen MR) is 54.0 cm³/mol. The molecule has 0 amide bonds. The van der Waals surface area contributed by atoms with Gasteiger partial charge in [-0.2, -0.15) is 0 Å². The fourth-order valence-corrected chi connectivity index (χ4v) is 1.17. The van der Waals surface area contributed by atoms with Crippen LogP contribution >= 0.6 is 0 Å². The molecule has 0 aliphatic rings. The van der Waals surface area contributed by atoms with Gasteiger partial charge in [-0.15, -0.1) is 10.2 Å². The lowest BCUT2D eigenvalue weighted by Gasteiger charge is -1.98. The Morgan fingerprint density at radius 2 is 2.00 bits per heavy atom. The van der Waals surface area contributed by atoms with Crippen molar-refractivity contribution < 1.29 is 4.42 Å². The van der Waals surface area contributed by atoms with E-state index in [0.29, 0.717) is 0 Å². The molecule has 72 valence electrons. The molecule has 2 heterocycles. The third-order valence-corrected chi connectivity index (χ3v) is 1.91. The second-order valence-corrected chi connectivity index (χ2v) is 2.96. The van der Waals surface area contributed by atoms with Crippen molar-refractivity contribution >= 4 is 5.82 Å². The maximum absolute atomic E-state index is 5.42. The molecule has 0 spiro atoms. The summed E-state index contributed by atoms with van der Waals surface area (Å²) in [5, 5.41) is 10.9. The Hall–Kier alpha value is -1.84. The van der Waals surface area contributed by atoms with Crippen LogP contribution in [0.2, 0.25) is 0 Å². The molecule has 0 aliphatic carbocycles. The first-order valence-corrected chi connectivity index (χ1v) is 4.38. The van der Waals surface area contributed by atoms with Crippen molar-refractivity contribution in [2.45, 2.75) is 6.92 Å². The summed E-state index contributed by atoms with van der Waals surface area (Å²) in [6.45, 7) is 1.90. The van der Waals surface area contributed by atoms with Crippen LogP contribution in [-0.4, -0.2) is 17.2 Å². The van der Waals surface area contributed by atoms with E-state index in [9.17, 15) is 0 Å². The van der Waals surface area contributed by atoms with Crippen molar-refractivity contribution in [1.82, 2.24) is 10.2 Å². The average Bonchev–Trinajstić information content (AvgIpc) is 2.65. The van der Waals surface area contributed by atoms with Crippen LogP contribution in [0.15, 0.2) is 28.7 Å². The van der Waals surface area contributed by atoms with E-state index in [4.69, 9.17) is 4.42 Å². The number of hydrogen-bond acceptors (Lipinski definition) is 4. The molecule has 0 saturated carbocycles. The predicted octanol–water partition coefficient (Wildman–Crippen LogP) is 2.09. The highest BCUT2D eigenvalue weighted by Gasteiger charge is 2.03. The molecule has 0 atom stereocenters. The van der Waals surface area contributed by atoms with E-state index < -0.39 is 0 Å². The summed E-state index contributed by atoms with van der Waals surface area (Å²) in [5.41, 5.74) is 0.747. The van der Waals surface area contributed by atoms with Gasteiger partial charge in [0.1, 0.15) is 17.3 Å². The third kappa shape index (κ3) is 1.59. The third-order valence-electron chi connectivity index (χ3n) is 1.91. The first-order chi connectivity index (χ1) is 6.79. The van der Waals surface area contributed by atoms with Crippen LogP contribution in [0.1, 0.15) is 5.76 Å². The largest absolute Gasteiger partial charge is 0.460 e. The van der Waals surface area contributed by atoms with Crippen molar-refractivity contribution in [3.63, 3.8) is 0 Å². The van der Waals surface area contributed by atoms with E-state index in [1.807, 2.05) is 31.2 Å². The van der Waals surface area contributed by atoms with Crippen LogP contribution in [0.4, 0.5) is 5.82 Å². The molecule has 0 radical (unpaired) electrons. The number of nitrogens with zero attached hydrogens (tertiary/aromatic N) is 2. The molecule has 2 rings (SSSR count). The summed E-state index contributed by atoms with van der Waals surface area (Å²) >= 11 is 0. The van der Waals surface area contributed by atoms with Crippen molar-refractivity contribution in [2.24, 2.45) is 0 Å². The second kappa shape index (κ2) is 3.49. The highest BCUT2D eigenvalue weighted by molar-refractivity contribution is 5.53. The van der Waals surface area contributed by atoms with Gasteiger partial charge in [0.25, 0.3) is 0 Å². The number of furan rings is 1. The molecule has 0 unspecified atom stereocenters. The zero-order valence-corrected chi connectivity index (χ0v) is 8.11. The van der Waals surface area contributed by atoms with Crippen molar-refractivity contribution in [3.8, 4) is 11.5 Å². The standard InChI is InChI=1S/C10H11N3O/c1-7-3-5-9(14-7)8-4-6-10(11-2)13-12-8/h3-6H,1-2H3,(H,11,13). The lowest BCUT2D eigenvalue weighted by molar-refractivity contribution is 0.545. The zero-order valence-electron chi connectivity index (χ0n) is 8.11. The van der Waals surface area contributed by atoms with Crippen LogP contribution in [0, 0.1) is 6.92 Å². The Bertz CT molecular complexity index is 419. The smallest absolute Gasteiger partial charge is 0.154 e. The number of aromatic nitrogens is 2. The van der Waals surface area contributed by atoms with Crippen LogP contribution in [-0.2, 0) is 0 Å². The van der Waals surface area contributed by atoms with Gasteiger partial charge in [0.05, 0.1) is 0 Å². The van der Waals surface area contributed by atoms with Gasteiger partial charge in [-0.05, 0) is 31.2 Å². The number of nitrogens with one attached hydrogen (secondary N) is 1. The Morgan fingerprint density at radius 3 is 2.50 bits per heavy atom. The van der Waals surface area contributed by atoms with Gasteiger partial charge in [0.15, 0.2) is 5.76 Å². The van der Waals surface area contributed by atoms with Gasteiger partial charge in [-0.25, -0.2) is 0 Å². The molecule has 0 bridgehead atoms. The van der Waals surface area contributed by atoms with Crippen molar-refractivity contribution in [1.29, 1.82) is 0 Å². The van der Waals surface area contributed by atoms with Crippen LogP contribution in [0.3, 0.4) is 0 Å². The summed E-state index contributed by atoms with van der Waals surface area (Å²) in [5.74, 6) is 2.37. The molecule has 4 nitrogen and oxygen atoms in total. The zero-order chi connectivity index (χ0) is 9.97. The molecule has 2 aromatic heterocycles. The van der Waals surface area contributed by atoms with Crippen molar-refractivity contribution in [3.05, 3.63) is 30.0 Å². The monoisotopic (exact) mass is 189 g/mol. The molecule has 0 aliphatic heterocycles. The highest BCUT2D eigenvalue weighted by atomic mass is 16.3. The molecule has 2 aromatic rings. The molecule has 0 saturated heterocycles. The number of aryl methyl sites for hydroxylation is 1. The molecule has 0 aromatic carbocycles. The first kappa shape index (κ1) is 8.74. The summed E-state index contributed by atoms with van der Waals surface area (Å²) in [6.07, 6.45) is 0. The molecule has 0 fully saturated rings. The van der Waals surface area contributed by atoms with Gasteiger partial charge < -0.3 is 9.73 Å². The van der Waals surface area contributed by atoms with E-state index in [1.165, 1.54) is 0 Å². The van der Waals surface area contributed by atoms with E-state index in [2.05, 4.69) is 15.5 Å². The Labute approximate surface area is 82.0 Å². The van der Waals surface area contributed by atoms with Crippen LogP contribution < -0.4 is 5.32 Å². The van der Waals surface area contributed by atoms with Crippen molar-refractivity contribution in [2.75, 3.05) is 12.4 Å². The fraction of sp³-hybridized carbons (Fsp3) is 0.200. The number of hydrogen-bond donors (Lipinski definition) is 1. The van der Waals surface area contributed by atoms with Gasteiger partial charge >= 0.3 is 0 Å². The van der Waals surface area contributed by atoms with E-state index in [1.54, 1.807) is 7.05 Å². The lowest BCUT2D eigenvalue weighted by Crippen LogP contribution is -1.94. The quantitative estimate of drug-likeness (QED) is 0.785. The molecule has 4 heteroatoms.